The molecule has 6 heteroatoms. The molecule has 9 aromatic rings. The minimum atomic E-state index is 0.977. The predicted molar refractivity (Wildman–Crippen MR) is 171 cm³/mol. The molecule has 0 fully saturated rings. The third kappa shape index (κ3) is 4.93. The molecular formula is C36H24N6. The number of hydrogen-bond donors (Lipinski definition) is 0. The smallest absolute Gasteiger partial charge is 0.0964 e. The van der Waals surface area contributed by atoms with Gasteiger partial charge in [0.25, 0.3) is 0 Å². The number of nitrogens with zero attached hydrogens (tertiary/aromatic N) is 6. The van der Waals surface area contributed by atoms with Crippen LogP contribution in [0.2, 0.25) is 0 Å². The summed E-state index contributed by atoms with van der Waals surface area (Å²) in [6.07, 6.45) is 10.8. The first-order valence-electron chi connectivity index (χ1n) is 13.6. The van der Waals surface area contributed by atoms with Crippen LogP contribution in [-0.2, 0) is 0 Å². The third-order valence-electron chi connectivity index (χ3n) is 7.06. The van der Waals surface area contributed by atoms with Crippen molar-refractivity contribution in [1.29, 1.82) is 0 Å². The number of fused-ring (bicyclic) bond motifs is 9. The Kier molecular flexibility index (Phi) is 6.76. The standard InChI is InChI=1S/3C12H8N2/c1-3-9-5-6-11-10(4-2-7-13-11)12(9)14-8-1;1-3-9-10-4-2-8-14-12(10)6-5-11(9)13-7-1;1-3-9-5-6-10-4-2-8-14-12(10)11(9)13-7-1/h3*1-8H. The van der Waals surface area contributed by atoms with E-state index in [1.807, 2.05) is 73.2 Å². The molecule has 0 radical (unpaired) electrons. The Balaban J connectivity index is 0.000000103. The molecule has 0 aliphatic carbocycles. The van der Waals surface area contributed by atoms with Gasteiger partial charge in [0.05, 0.1) is 33.1 Å². The molecule has 6 nitrogen and oxygen atoms in total. The summed E-state index contributed by atoms with van der Waals surface area (Å²) in [5, 5.41) is 6.88. The van der Waals surface area contributed by atoms with Gasteiger partial charge in [-0.2, -0.15) is 0 Å². The number of hydrogen-bond acceptors (Lipinski definition) is 6. The van der Waals surface area contributed by atoms with Crippen LogP contribution in [-0.4, -0.2) is 29.9 Å². The van der Waals surface area contributed by atoms with Crippen LogP contribution in [0.15, 0.2) is 146 Å². The molecule has 0 bridgehead atoms. The lowest BCUT2D eigenvalue weighted by molar-refractivity contribution is 1.37. The van der Waals surface area contributed by atoms with E-state index in [2.05, 4.69) is 84.5 Å². The van der Waals surface area contributed by atoms with Crippen molar-refractivity contribution in [3.05, 3.63) is 146 Å². The molecule has 0 atom stereocenters. The van der Waals surface area contributed by atoms with Crippen LogP contribution in [0.4, 0.5) is 0 Å². The minimum absolute atomic E-state index is 0.977. The molecule has 0 saturated heterocycles. The monoisotopic (exact) mass is 540 g/mol. The van der Waals surface area contributed by atoms with E-state index in [-0.39, 0.29) is 0 Å². The zero-order chi connectivity index (χ0) is 28.1. The van der Waals surface area contributed by atoms with Crippen LogP contribution >= 0.6 is 0 Å². The molecule has 6 aromatic heterocycles. The highest BCUT2D eigenvalue weighted by Gasteiger charge is 2.02. The van der Waals surface area contributed by atoms with Crippen molar-refractivity contribution in [3.63, 3.8) is 0 Å². The van der Waals surface area contributed by atoms with Gasteiger partial charge in [0.1, 0.15) is 0 Å². The van der Waals surface area contributed by atoms with Crippen molar-refractivity contribution < 1.29 is 0 Å². The van der Waals surface area contributed by atoms with E-state index in [0.29, 0.717) is 0 Å². The van der Waals surface area contributed by atoms with Gasteiger partial charge in [-0.1, -0.05) is 48.5 Å². The van der Waals surface area contributed by atoms with Crippen molar-refractivity contribution in [2.24, 2.45) is 0 Å². The van der Waals surface area contributed by atoms with E-state index in [0.717, 1.165) is 65.4 Å². The maximum atomic E-state index is 4.37. The normalized spacial score (nSPS) is 10.9. The first kappa shape index (κ1) is 25.1. The van der Waals surface area contributed by atoms with Crippen LogP contribution in [0.25, 0.3) is 65.4 Å². The van der Waals surface area contributed by atoms with Gasteiger partial charge >= 0.3 is 0 Å². The van der Waals surface area contributed by atoms with E-state index in [1.165, 1.54) is 0 Å². The first-order valence-corrected chi connectivity index (χ1v) is 13.6. The SMILES string of the molecule is c1cnc2c(c1)ccc1cccnc12.c1cnc2c(c1)ccc1ncccc12.c1cnc2ccc3ncccc3c2c1. The summed E-state index contributed by atoms with van der Waals surface area (Å²) in [5.74, 6) is 0. The van der Waals surface area contributed by atoms with Crippen molar-refractivity contribution in [2.45, 2.75) is 0 Å². The van der Waals surface area contributed by atoms with Crippen LogP contribution in [0, 0.1) is 0 Å². The first-order chi connectivity index (χ1) is 20.8. The molecule has 9 rings (SSSR count). The summed E-state index contributed by atoms with van der Waals surface area (Å²) < 4.78 is 0. The van der Waals surface area contributed by atoms with Crippen molar-refractivity contribution in [2.75, 3.05) is 0 Å². The van der Waals surface area contributed by atoms with E-state index in [1.54, 1.807) is 18.6 Å². The Morgan fingerprint density at radius 2 is 0.595 bits per heavy atom. The summed E-state index contributed by atoms with van der Waals surface area (Å²) in [5.41, 5.74) is 6.02. The average Bonchev–Trinajstić information content (AvgIpc) is 3.09. The van der Waals surface area contributed by atoms with Crippen LogP contribution in [0.3, 0.4) is 0 Å². The molecule has 3 aromatic carbocycles. The molecule has 42 heavy (non-hydrogen) atoms. The van der Waals surface area contributed by atoms with E-state index >= 15 is 0 Å². The summed E-state index contributed by atoms with van der Waals surface area (Å²) in [6, 6.07) is 36.3. The second-order valence-electron chi connectivity index (χ2n) is 9.63. The summed E-state index contributed by atoms with van der Waals surface area (Å²) in [7, 11) is 0. The van der Waals surface area contributed by atoms with Gasteiger partial charge < -0.3 is 0 Å². The second-order valence-corrected chi connectivity index (χ2v) is 9.63. The minimum Gasteiger partial charge on any atom is -0.256 e. The summed E-state index contributed by atoms with van der Waals surface area (Å²) >= 11 is 0. The Labute approximate surface area is 241 Å². The highest BCUT2D eigenvalue weighted by atomic mass is 14.7. The summed E-state index contributed by atoms with van der Waals surface area (Å²) in [6.45, 7) is 0. The van der Waals surface area contributed by atoms with Gasteiger partial charge in [-0.15, -0.1) is 0 Å². The van der Waals surface area contributed by atoms with Crippen molar-refractivity contribution in [3.8, 4) is 0 Å². The lowest BCUT2D eigenvalue weighted by Crippen LogP contribution is -1.83. The van der Waals surface area contributed by atoms with E-state index < -0.39 is 0 Å². The van der Waals surface area contributed by atoms with Crippen molar-refractivity contribution >= 4 is 65.4 Å². The molecule has 198 valence electrons. The fraction of sp³-hybridized carbons (Fsp3) is 0. The molecule has 0 N–H and O–H groups in total. The summed E-state index contributed by atoms with van der Waals surface area (Å²) in [4.78, 5) is 26.0. The number of pyridine rings is 6. The number of benzene rings is 3. The Hall–Kier alpha value is -5.88. The Bertz CT molecular complexity index is 1910. The quantitative estimate of drug-likeness (QED) is 0.180. The molecule has 0 aliphatic rings. The zero-order valence-electron chi connectivity index (χ0n) is 22.5. The molecule has 0 saturated carbocycles. The molecule has 0 spiro atoms. The van der Waals surface area contributed by atoms with Gasteiger partial charge in [0.15, 0.2) is 0 Å². The van der Waals surface area contributed by atoms with Gasteiger partial charge in [0.2, 0.25) is 0 Å². The highest BCUT2D eigenvalue weighted by molar-refractivity contribution is 6.05. The molecule has 0 aliphatic heterocycles. The third-order valence-corrected chi connectivity index (χ3v) is 7.06. The fourth-order valence-corrected chi connectivity index (χ4v) is 5.09. The average molecular weight is 541 g/mol. The lowest BCUT2D eigenvalue weighted by atomic mass is 10.1. The van der Waals surface area contributed by atoms with E-state index in [9.17, 15) is 0 Å². The van der Waals surface area contributed by atoms with Gasteiger partial charge in [-0.05, 0) is 60.7 Å². The topological polar surface area (TPSA) is 77.3 Å². The zero-order valence-corrected chi connectivity index (χ0v) is 22.5. The maximum absolute atomic E-state index is 4.37. The van der Waals surface area contributed by atoms with E-state index in [4.69, 9.17) is 0 Å². The van der Waals surface area contributed by atoms with Gasteiger partial charge in [0, 0.05) is 69.5 Å². The second kappa shape index (κ2) is 11.3. The van der Waals surface area contributed by atoms with Crippen molar-refractivity contribution in [1.82, 2.24) is 29.9 Å². The molecule has 0 amide bonds. The number of aromatic nitrogens is 6. The molecule has 6 heterocycles. The van der Waals surface area contributed by atoms with Gasteiger partial charge in [-0.25, -0.2) is 0 Å². The number of rotatable bonds is 0. The fourth-order valence-electron chi connectivity index (χ4n) is 5.09. The lowest BCUT2D eigenvalue weighted by Gasteiger charge is -2.00. The maximum Gasteiger partial charge on any atom is 0.0964 e. The predicted octanol–water partition coefficient (Wildman–Crippen LogP) is 8.35. The van der Waals surface area contributed by atoms with Crippen LogP contribution < -0.4 is 0 Å². The highest BCUT2D eigenvalue weighted by Crippen LogP contribution is 2.23. The largest absolute Gasteiger partial charge is 0.256 e. The van der Waals surface area contributed by atoms with Gasteiger partial charge in [-0.3, -0.25) is 29.9 Å². The van der Waals surface area contributed by atoms with Crippen LogP contribution in [0.5, 0.6) is 0 Å². The molecule has 0 unspecified atom stereocenters. The Morgan fingerprint density at radius 3 is 1.12 bits per heavy atom. The molecular weight excluding hydrogens is 516 g/mol. The Morgan fingerprint density at radius 1 is 0.262 bits per heavy atom. The van der Waals surface area contributed by atoms with Crippen LogP contribution in [0.1, 0.15) is 0 Å².